The summed E-state index contributed by atoms with van der Waals surface area (Å²) in [5, 5.41) is -0.247. The van der Waals surface area contributed by atoms with Crippen LogP contribution in [0.15, 0.2) is 28.7 Å². The fraction of sp³-hybridized carbons (Fsp3) is 0.111. The molecule has 0 saturated heterocycles. The van der Waals surface area contributed by atoms with Crippen molar-refractivity contribution < 1.29 is 9.59 Å². The van der Waals surface area contributed by atoms with Gasteiger partial charge in [-0.1, -0.05) is 29.8 Å². The molecule has 1 aromatic rings. The van der Waals surface area contributed by atoms with Gasteiger partial charge in [0.1, 0.15) is 0 Å². The highest BCUT2D eigenvalue weighted by molar-refractivity contribution is 8.13. The molecule has 0 N–H and O–H groups in total. The van der Waals surface area contributed by atoms with Crippen LogP contribution in [0.3, 0.4) is 0 Å². The number of carbonyl (C=O) groups is 1. The van der Waals surface area contributed by atoms with Gasteiger partial charge in [0.15, 0.2) is 0 Å². The van der Waals surface area contributed by atoms with Gasteiger partial charge in [-0.05, 0) is 6.92 Å². The summed E-state index contributed by atoms with van der Waals surface area (Å²) in [6.45, 7) is 1.94. The number of isocyanates is 1. The van der Waals surface area contributed by atoms with E-state index in [2.05, 4.69) is 4.40 Å². The lowest BCUT2D eigenvalue weighted by Gasteiger charge is -1.95. The van der Waals surface area contributed by atoms with Gasteiger partial charge in [-0.15, -0.1) is 4.40 Å². The first-order chi connectivity index (χ1) is 6.24. The van der Waals surface area contributed by atoms with Crippen molar-refractivity contribution in [2.75, 3.05) is 0 Å². The van der Waals surface area contributed by atoms with Crippen molar-refractivity contribution in [1.29, 1.82) is 0 Å². The van der Waals surface area contributed by atoms with E-state index in [1.54, 1.807) is 12.1 Å². The number of carbonyl (C=O) groups excluding carboxylic acids is 2. The largest absolute Gasteiger partial charge is 0.280 e. The third-order valence-electron chi connectivity index (χ3n) is 1.45. The van der Waals surface area contributed by atoms with Gasteiger partial charge >= 0.3 is 0 Å². The minimum atomic E-state index is -0.247. The van der Waals surface area contributed by atoms with E-state index in [0.29, 0.717) is 17.5 Å². The van der Waals surface area contributed by atoms with Crippen LogP contribution in [-0.4, -0.2) is 11.2 Å². The summed E-state index contributed by atoms with van der Waals surface area (Å²) >= 11 is 0.598. The van der Waals surface area contributed by atoms with Crippen molar-refractivity contribution in [2.45, 2.75) is 6.92 Å². The van der Waals surface area contributed by atoms with Gasteiger partial charge in [-0.3, -0.25) is 4.79 Å². The molecule has 0 fully saturated rings. The Morgan fingerprint density at radius 3 is 2.54 bits per heavy atom. The standard InChI is InChI=1S/C9H7NO2S/c1-7-2-4-8(5-3-7)9(12)13-10-6-11/h2-5H,1H3. The molecule has 0 aliphatic heterocycles. The Balaban J connectivity index is 2.77. The Morgan fingerprint density at radius 1 is 1.38 bits per heavy atom. The molecule has 0 heterocycles. The van der Waals surface area contributed by atoms with Gasteiger partial charge in [0, 0.05) is 5.56 Å². The number of rotatable bonds is 2. The molecule has 1 aromatic carbocycles. The zero-order valence-corrected chi connectivity index (χ0v) is 7.80. The second-order valence-electron chi connectivity index (χ2n) is 2.43. The van der Waals surface area contributed by atoms with Crippen LogP contribution in [0.5, 0.6) is 0 Å². The molecule has 0 unspecified atom stereocenters. The molecule has 0 spiro atoms. The number of aryl methyl sites for hydroxylation is 1. The highest BCUT2D eigenvalue weighted by Gasteiger charge is 2.04. The van der Waals surface area contributed by atoms with Crippen molar-refractivity contribution in [2.24, 2.45) is 4.40 Å². The molecule has 0 aromatic heterocycles. The molecule has 66 valence electrons. The summed E-state index contributed by atoms with van der Waals surface area (Å²) in [6.07, 6.45) is 1.30. The van der Waals surface area contributed by atoms with Crippen molar-refractivity contribution in [3.63, 3.8) is 0 Å². The first-order valence-electron chi connectivity index (χ1n) is 3.59. The van der Waals surface area contributed by atoms with E-state index >= 15 is 0 Å². The lowest BCUT2D eigenvalue weighted by molar-refractivity contribution is 0.108. The number of hydrogen-bond donors (Lipinski definition) is 0. The Bertz CT molecular complexity index is 352. The summed E-state index contributed by atoms with van der Waals surface area (Å²) in [6, 6.07) is 7.06. The SMILES string of the molecule is Cc1ccc(C(=O)SN=C=O)cc1. The average molecular weight is 193 g/mol. The van der Waals surface area contributed by atoms with Gasteiger partial charge in [0.25, 0.3) is 0 Å². The van der Waals surface area contributed by atoms with E-state index in [1.807, 2.05) is 19.1 Å². The van der Waals surface area contributed by atoms with Gasteiger partial charge in [-0.25, -0.2) is 4.79 Å². The number of hydrogen-bond acceptors (Lipinski definition) is 4. The molecule has 13 heavy (non-hydrogen) atoms. The molecular weight excluding hydrogens is 186 g/mol. The van der Waals surface area contributed by atoms with Crippen LogP contribution in [0.4, 0.5) is 0 Å². The molecule has 0 radical (unpaired) electrons. The van der Waals surface area contributed by atoms with Crippen LogP contribution in [0.25, 0.3) is 0 Å². The average Bonchev–Trinajstić information content (AvgIpc) is 2.15. The maximum atomic E-state index is 11.2. The van der Waals surface area contributed by atoms with Crippen molar-refractivity contribution >= 4 is 23.1 Å². The lowest BCUT2D eigenvalue weighted by atomic mass is 10.2. The minimum Gasteiger partial charge on any atom is -0.280 e. The van der Waals surface area contributed by atoms with Crippen molar-refractivity contribution in [3.05, 3.63) is 35.4 Å². The Kier molecular flexibility index (Phi) is 3.43. The summed E-state index contributed by atoms with van der Waals surface area (Å²) in [7, 11) is 0. The fourth-order valence-electron chi connectivity index (χ4n) is 0.802. The van der Waals surface area contributed by atoms with E-state index in [-0.39, 0.29) is 5.12 Å². The normalized spacial score (nSPS) is 9.00. The minimum absolute atomic E-state index is 0.247. The van der Waals surface area contributed by atoms with E-state index in [1.165, 1.54) is 6.08 Å². The molecule has 0 aliphatic carbocycles. The molecule has 0 atom stereocenters. The zero-order chi connectivity index (χ0) is 9.68. The summed E-state index contributed by atoms with van der Waals surface area (Å²) < 4.78 is 3.13. The summed E-state index contributed by atoms with van der Waals surface area (Å²) in [5.74, 6) is 0. The summed E-state index contributed by atoms with van der Waals surface area (Å²) in [4.78, 5) is 20.9. The van der Waals surface area contributed by atoms with Crippen LogP contribution >= 0.6 is 11.9 Å². The third kappa shape index (κ3) is 2.86. The second-order valence-corrected chi connectivity index (χ2v) is 3.16. The van der Waals surface area contributed by atoms with E-state index in [4.69, 9.17) is 0 Å². The lowest BCUT2D eigenvalue weighted by Crippen LogP contribution is -1.90. The quantitative estimate of drug-likeness (QED) is 0.410. The predicted molar refractivity (Wildman–Crippen MR) is 51.2 cm³/mol. The van der Waals surface area contributed by atoms with Crippen molar-refractivity contribution in [3.8, 4) is 0 Å². The van der Waals surface area contributed by atoms with E-state index in [9.17, 15) is 9.59 Å². The van der Waals surface area contributed by atoms with Crippen LogP contribution in [-0.2, 0) is 4.79 Å². The third-order valence-corrected chi connectivity index (χ3v) is 2.02. The Hall–Kier alpha value is -1.38. The van der Waals surface area contributed by atoms with Crippen LogP contribution in [0, 0.1) is 6.92 Å². The van der Waals surface area contributed by atoms with Gasteiger partial charge in [0.05, 0.1) is 11.9 Å². The number of nitrogens with zero attached hydrogens (tertiary/aromatic N) is 1. The van der Waals surface area contributed by atoms with Crippen LogP contribution in [0.2, 0.25) is 0 Å². The molecule has 1 rings (SSSR count). The maximum absolute atomic E-state index is 11.2. The van der Waals surface area contributed by atoms with Crippen LogP contribution in [0.1, 0.15) is 15.9 Å². The van der Waals surface area contributed by atoms with Crippen molar-refractivity contribution in [1.82, 2.24) is 0 Å². The zero-order valence-electron chi connectivity index (χ0n) is 6.98. The highest BCUT2D eigenvalue weighted by Crippen LogP contribution is 2.13. The first-order valence-corrected chi connectivity index (χ1v) is 4.36. The fourth-order valence-corrected chi connectivity index (χ4v) is 1.16. The molecule has 0 aliphatic rings. The van der Waals surface area contributed by atoms with Gasteiger partial charge in [0.2, 0.25) is 11.2 Å². The van der Waals surface area contributed by atoms with Gasteiger partial charge in [-0.2, -0.15) is 0 Å². The first kappa shape index (κ1) is 9.71. The second kappa shape index (κ2) is 4.60. The molecular formula is C9H7NO2S. The summed E-state index contributed by atoms with van der Waals surface area (Å²) in [5.41, 5.74) is 1.62. The molecule has 4 heteroatoms. The molecule has 0 amide bonds. The predicted octanol–water partition coefficient (Wildman–Crippen LogP) is 2.12. The molecule has 0 bridgehead atoms. The smallest absolute Gasteiger partial charge is 0.247 e. The topological polar surface area (TPSA) is 46.5 Å². The highest BCUT2D eigenvalue weighted by atomic mass is 32.2. The molecule has 0 saturated carbocycles. The van der Waals surface area contributed by atoms with Gasteiger partial charge < -0.3 is 0 Å². The molecule has 3 nitrogen and oxygen atoms in total. The van der Waals surface area contributed by atoms with E-state index in [0.717, 1.165) is 5.56 Å². The maximum Gasteiger partial charge on any atom is 0.247 e. The Morgan fingerprint density at radius 2 is 2.00 bits per heavy atom. The monoisotopic (exact) mass is 193 g/mol. The van der Waals surface area contributed by atoms with E-state index < -0.39 is 0 Å². The number of benzene rings is 1. The Labute approximate surface area is 80.0 Å². The van der Waals surface area contributed by atoms with Crippen LogP contribution < -0.4 is 0 Å².